The number of carbonyl (C=O) groups is 1. The van der Waals surface area contributed by atoms with E-state index < -0.39 is 12.1 Å². The molecule has 0 amide bonds. The minimum atomic E-state index is -0.676. The molecule has 0 aromatic heterocycles. The zero-order chi connectivity index (χ0) is 10.6. The molecule has 1 aliphatic carbocycles. The van der Waals surface area contributed by atoms with Gasteiger partial charge in [0.25, 0.3) is 0 Å². The average Bonchev–Trinajstić information content (AvgIpc) is 2.26. The van der Waals surface area contributed by atoms with Gasteiger partial charge in [-0.2, -0.15) is 0 Å². The molecule has 0 bridgehead atoms. The van der Waals surface area contributed by atoms with Gasteiger partial charge in [0.15, 0.2) is 0 Å². The van der Waals surface area contributed by atoms with Crippen molar-refractivity contribution in [1.82, 2.24) is 0 Å². The predicted molar refractivity (Wildman–Crippen MR) is 49.2 cm³/mol. The van der Waals surface area contributed by atoms with Crippen molar-refractivity contribution in [1.29, 1.82) is 0 Å². The van der Waals surface area contributed by atoms with Crippen LogP contribution in [-0.4, -0.2) is 32.2 Å². The Kier molecular flexibility index (Phi) is 3.40. The van der Waals surface area contributed by atoms with Crippen LogP contribution < -0.4 is 0 Å². The highest BCUT2D eigenvalue weighted by Crippen LogP contribution is 2.20. The minimum absolute atomic E-state index is 0.287. The van der Waals surface area contributed by atoms with E-state index >= 15 is 0 Å². The first-order chi connectivity index (χ1) is 6.74. The van der Waals surface area contributed by atoms with E-state index in [1.54, 1.807) is 24.2 Å². The Hall–Kier alpha value is -1.64. The molecule has 0 saturated heterocycles. The first-order valence-electron chi connectivity index (χ1n) is 3.99. The third kappa shape index (κ3) is 1.82. The Morgan fingerprint density at radius 2 is 2.21 bits per heavy atom. The van der Waals surface area contributed by atoms with Crippen LogP contribution in [0.15, 0.2) is 29.4 Å². The average molecular weight is 194 g/mol. The Morgan fingerprint density at radius 3 is 2.71 bits per heavy atom. The molecular formula is C10H10O4. The summed E-state index contributed by atoms with van der Waals surface area (Å²) in [6, 6.07) is 0. The number of esters is 1. The van der Waals surface area contributed by atoms with Crippen molar-refractivity contribution >= 4 is 11.9 Å². The molecule has 1 atom stereocenters. The van der Waals surface area contributed by atoms with Crippen molar-refractivity contribution in [3.05, 3.63) is 29.4 Å². The van der Waals surface area contributed by atoms with Crippen LogP contribution in [0.1, 0.15) is 0 Å². The molecule has 0 saturated carbocycles. The predicted octanol–water partition coefficient (Wildman–Crippen LogP) is 0.429. The molecule has 0 heterocycles. The highest BCUT2D eigenvalue weighted by atomic mass is 16.5. The van der Waals surface area contributed by atoms with Gasteiger partial charge in [0.05, 0.1) is 18.3 Å². The number of hydrogen-bond donors (Lipinski definition) is 0. The molecule has 0 aliphatic heterocycles. The van der Waals surface area contributed by atoms with Crippen LogP contribution in [0.4, 0.5) is 0 Å². The van der Waals surface area contributed by atoms with Crippen LogP contribution in [0.5, 0.6) is 0 Å². The maximum atomic E-state index is 11.3. The van der Waals surface area contributed by atoms with Crippen LogP contribution in [0.25, 0.3) is 0 Å². The van der Waals surface area contributed by atoms with Gasteiger partial charge < -0.3 is 9.47 Å². The number of ether oxygens (including phenoxy) is 2. The Balaban J connectivity index is 3.05. The highest BCUT2D eigenvalue weighted by molar-refractivity contribution is 5.92. The fourth-order valence-corrected chi connectivity index (χ4v) is 1.23. The second-order valence-corrected chi connectivity index (χ2v) is 2.65. The largest absolute Gasteiger partial charge is 0.466 e. The zero-order valence-electron chi connectivity index (χ0n) is 7.94. The number of rotatable bonds is 2. The lowest BCUT2D eigenvalue weighted by Gasteiger charge is -2.18. The van der Waals surface area contributed by atoms with Gasteiger partial charge in [0, 0.05) is 7.11 Å². The van der Waals surface area contributed by atoms with E-state index in [0.29, 0.717) is 5.57 Å². The molecule has 1 unspecified atom stereocenters. The molecular weight excluding hydrogens is 184 g/mol. The Labute approximate surface area is 81.5 Å². The fraction of sp³-hybridized carbons (Fsp3) is 0.300. The smallest absolute Gasteiger partial charge is 0.336 e. The van der Waals surface area contributed by atoms with E-state index in [4.69, 9.17) is 4.74 Å². The third-order valence-corrected chi connectivity index (χ3v) is 1.89. The van der Waals surface area contributed by atoms with E-state index in [1.165, 1.54) is 14.2 Å². The fourth-order valence-electron chi connectivity index (χ4n) is 1.23. The van der Waals surface area contributed by atoms with Gasteiger partial charge in [-0.3, -0.25) is 0 Å². The van der Waals surface area contributed by atoms with Crippen molar-refractivity contribution in [2.75, 3.05) is 14.2 Å². The molecule has 0 radical (unpaired) electrons. The van der Waals surface area contributed by atoms with E-state index in [0.717, 1.165) is 0 Å². The summed E-state index contributed by atoms with van der Waals surface area (Å²) in [5.74, 6) is 1.21. The number of carbonyl (C=O) groups excluding carboxylic acids is 2. The molecule has 0 aromatic carbocycles. The highest BCUT2D eigenvalue weighted by Gasteiger charge is 2.26. The van der Waals surface area contributed by atoms with Crippen LogP contribution in [0.3, 0.4) is 0 Å². The maximum absolute atomic E-state index is 11.3. The maximum Gasteiger partial charge on any atom is 0.336 e. The van der Waals surface area contributed by atoms with Gasteiger partial charge in [-0.25, -0.2) is 9.59 Å². The molecule has 74 valence electrons. The van der Waals surface area contributed by atoms with Crippen molar-refractivity contribution < 1.29 is 19.1 Å². The third-order valence-electron chi connectivity index (χ3n) is 1.89. The second-order valence-electron chi connectivity index (χ2n) is 2.65. The summed E-state index contributed by atoms with van der Waals surface area (Å²) in [7, 11) is 2.69. The van der Waals surface area contributed by atoms with E-state index in [-0.39, 0.29) is 5.57 Å². The molecule has 0 spiro atoms. The van der Waals surface area contributed by atoms with Gasteiger partial charge in [-0.1, -0.05) is 6.08 Å². The Bertz CT molecular complexity index is 345. The second kappa shape index (κ2) is 4.56. The molecule has 1 aliphatic rings. The number of hydrogen-bond acceptors (Lipinski definition) is 4. The van der Waals surface area contributed by atoms with Gasteiger partial charge in [0.2, 0.25) is 0 Å². The van der Waals surface area contributed by atoms with Crippen LogP contribution in [-0.2, 0) is 19.1 Å². The quantitative estimate of drug-likeness (QED) is 0.472. The lowest BCUT2D eigenvalue weighted by Crippen LogP contribution is -2.24. The first-order valence-corrected chi connectivity index (χ1v) is 3.99. The van der Waals surface area contributed by atoms with Gasteiger partial charge in [-0.15, -0.1) is 0 Å². The van der Waals surface area contributed by atoms with Gasteiger partial charge in [0.1, 0.15) is 12.0 Å². The number of allylic oxidation sites excluding steroid dienone is 2. The monoisotopic (exact) mass is 194 g/mol. The van der Waals surface area contributed by atoms with Crippen molar-refractivity contribution in [2.45, 2.75) is 6.10 Å². The van der Waals surface area contributed by atoms with Gasteiger partial charge in [-0.05, 0) is 12.2 Å². The summed E-state index contributed by atoms with van der Waals surface area (Å²) >= 11 is 0. The van der Waals surface area contributed by atoms with Crippen LogP contribution in [0.2, 0.25) is 0 Å². The van der Waals surface area contributed by atoms with E-state index in [1.807, 2.05) is 0 Å². The van der Waals surface area contributed by atoms with Crippen LogP contribution >= 0.6 is 0 Å². The topological polar surface area (TPSA) is 52.6 Å². The number of methoxy groups -OCH3 is 2. The van der Waals surface area contributed by atoms with Crippen molar-refractivity contribution in [3.8, 4) is 0 Å². The summed E-state index contributed by atoms with van der Waals surface area (Å²) in [5, 5.41) is 0. The lowest BCUT2D eigenvalue weighted by atomic mass is 9.97. The molecule has 0 aromatic rings. The summed E-state index contributed by atoms with van der Waals surface area (Å²) in [6.45, 7) is 0. The van der Waals surface area contributed by atoms with Crippen LogP contribution in [0, 0.1) is 0 Å². The summed E-state index contributed by atoms with van der Waals surface area (Å²) in [4.78, 5) is 21.8. The van der Waals surface area contributed by atoms with Crippen molar-refractivity contribution in [2.24, 2.45) is 0 Å². The Morgan fingerprint density at radius 1 is 1.50 bits per heavy atom. The lowest BCUT2D eigenvalue weighted by molar-refractivity contribution is -0.137. The summed E-state index contributed by atoms with van der Waals surface area (Å²) in [6.07, 6.45) is 4.01. The molecule has 4 heteroatoms. The normalized spacial score (nSPS) is 20.0. The summed E-state index contributed by atoms with van der Waals surface area (Å²) in [5.41, 5.74) is 0.589. The minimum Gasteiger partial charge on any atom is -0.466 e. The zero-order valence-corrected chi connectivity index (χ0v) is 7.94. The first kappa shape index (κ1) is 10.4. The molecule has 14 heavy (non-hydrogen) atoms. The standard InChI is InChI=1S/C10H10O4/c1-13-9-7(6-11)4-3-5-8(9)10(12)14-2/h3-5,9H,1-2H3. The molecule has 4 nitrogen and oxygen atoms in total. The molecule has 0 N–H and O–H groups in total. The van der Waals surface area contributed by atoms with E-state index in [9.17, 15) is 9.59 Å². The van der Waals surface area contributed by atoms with Gasteiger partial charge >= 0.3 is 5.97 Å². The molecule has 0 fully saturated rings. The van der Waals surface area contributed by atoms with E-state index in [2.05, 4.69) is 4.74 Å². The SMILES string of the molecule is COC(=O)C1=CC=CC(=C=O)C1OC. The van der Waals surface area contributed by atoms with Crippen molar-refractivity contribution in [3.63, 3.8) is 0 Å². The summed E-state index contributed by atoms with van der Waals surface area (Å²) < 4.78 is 9.56. The molecule has 1 rings (SSSR count).